The summed E-state index contributed by atoms with van der Waals surface area (Å²) in [5.41, 5.74) is -0.126. The monoisotopic (exact) mass is 449 g/mol. The number of esters is 1. The molecular formula is C24H19NO8. The minimum Gasteiger partial charge on any atom is -0.493 e. The van der Waals surface area contributed by atoms with Gasteiger partial charge in [-0.1, -0.05) is 24.3 Å². The van der Waals surface area contributed by atoms with Crippen molar-refractivity contribution in [3.05, 3.63) is 69.9 Å². The van der Waals surface area contributed by atoms with E-state index >= 15 is 0 Å². The number of fused-ring (bicyclic) bond motifs is 2. The molecular weight excluding hydrogens is 430 g/mol. The molecule has 0 unspecified atom stereocenters. The molecule has 3 aromatic rings. The van der Waals surface area contributed by atoms with Crippen molar-refractivity contribution < 1.29 is 33.3 Å². The van der Waals surface area contributed by atoms with Gasteiger partial charge >= 0.3 is 5.97 Å². The Morgan fingerprint density at radius 2 is 1.42 bits per heavy atom. The predicted molar refractivity (Wildman–Crippen MR) is 117 cm³/mol. The minimum absolute atomic E-state index is 0.00561. The largest absolute Gasteiger partial charge is 0.493 e. The van der Waals surface area contributed by atoms with Crippen LogP contribution in [0.15, 0.2) is 53.3 Å². The number of ether oxygens (including phenoxy) is 4. The van der Waals surface area contributed by atoms with E-state index in [0.717, 1.165) is 4.90 Å². The van der Waals surface area contributed by atoms with Gasteiger partial charge in [0.05, 0.1) is 37.8 Å². The van der Waals surface area contributed by atoms with E-state index in [-0.39, 0.29) is 39.5 Å². The van der Waals surface area contributed by atoms with Gasteiger partial charge in [0.25, 0.3) is 11.8 Å². The first kappa shape index (κ1) is 21.8. The second kappa shape index (κ2) is 8.62. The number of rotatable bonds is 6. The Labute approximate surface area is 188 Å². The predicted octanol–water partition coefficient (Wildman–Crippen LogP) is 2.43. The van der Waals surface area contributed by atoms with Crippen molar-refractivity contribution in [3.63, 3.8) is 0 Å². The van der Waals surface area contributed by atoms with Crippen LogP contribution in [0.3, 0.4) is 0 Å². The van der Waals surface area contributed by atoms with Gasteiger partial charge in [0.1, 0.15) is 6.54 Å². The highest BCUT2D eigenvalue weighted by atomic mass is 16.6. The number of carbonyl (C=O) groups excluding carboxylic acids is 3. The first-order valence-electron chi connectivity index (χ1n) is 9.83. The summed E-state index contributed by atoms with van der Waals surface area (Å²) in [6.45, 7) is -0.654. The second-order valence-corrected chi connectivity index (χ2v) is 7.04. The molecule has 4 rings (SSSR count). The molecule has 0 N–H and O–H groups in total. The van der Waals surface area contributed by atoms with Gasteiger partial charge in [0.15, 0.2) is 17.2 Å². The topological polar surface area (TPSA) is 108 Å². The Balaban J connectivity index is 1.77. The molecule has 0 aromatic heterocycles. The van der Waals surface area contributed by atoms with Crippen LogP contribution in [-0.2, 0) is 4.79 Å². The smallest absolute Gasteiger partial charge is 0.331 e. The molecule has 0 saturated carbocycles. The number of carbonyl (C=O) groups is 3. The van der Waals surface area contributed by atoms with Gasteiger partial charge in [-0.15, -0.1) is 0 Å². The Morgan fingerprint density at radius 1 is 0.788 bits per heavy atom. The SMILES string of the molecule is COc1cc2cccc(OC)c(=O)c2c(OC(=O)CN2C(=O)c3ccccc3C2=O)c1OC. The van der Waals surface area contributed by atoms with Crippen LogP contribution in [-0.4, -0.2) is 50.6 Å². The lowest BCUT2D eigenvalue weighted by Crippen LogP contribution is -2.36. The summed E-state index contributed by atoms with van der Waals surface area (Å²) >= 11 is 0. The molecule has 0 fully saturated rings. The van der Waals surface area contributed by atoms with Gasteiger partial charge in [-0.2, -0.15) is 0 Å². The van der Waals surface area contributed by atoms with E-state index in [1.54, 1.807) is 30.3 Å². The molecule has 9 heteroatoms. The van der Waals surface area contributed by atoms with Crippen LogP contribution in [0.1, 0.15) is 20.7 Å². The number of hydrogen-bond donors (Lipinski definition) is 0. The molecule has 1 heterocycles. The van der Waals surface area contributed by atoms with Crippen LogP contribution in [0.5, 0.6) is 23.0 Å². The van der Waals surface area contributed by atoms with Crippen LogP contribution >= 0.6 is 0 Å². The highest BCUT2D eigenvalue weighted by molar-refractivity contribution is 6.22. The van der Waals surface area contributed by atoms with Gasteiger partial charge in [0, 0.05) is 0 Å². The third kappa shape index (κ3) is 3.63. The highest BCUT2D eigenvalue weighted by Gasteiger charge is 2.37. The van der Waals surface area contributed by atoms with Crippen LogP contribution in [0.4, 0.5) is 0 Å². The molecule has 33 heavy (non-hydrogen) atoms. The molecule has 0 radical (unpaired) electrons. The lowest BCUT2D eigenvalue weighted by molar-refractivity contribution is -0.134. The van der Waals surface area contributed by atoms with E-state index in [2.05, 4.69) is 0 Å². The average molecular weight is 449 g/mol. The van der Waals surface area contributed by atoms with Crippen LogP contribution < -0.4 is 24.4 Å². The fraction of sp³-hybridized carbons (Fsp3) is 0.167. The van der Waals surface area contributed by atoms with Crippen LogP contribution in [0.2, 0.25) is 0 Å². The molecule has 0 bridgehead atoms. The van der Waals surface area contributed by atoms with Gasteiger partial charge in [0.2, 0.25) is 11.2 Å². The van der Waals surface area contributed by atoms with E-state index in [0.29, 0.717) is 5.39 Å². The average Bonchev–Trinajstić information content (AvgIpc) is 2.95. The fourth-order valence-electron chi connectivity index (χ4n) is 3.70. The third-order valence-corrected chi connectivity index (χ3v) is 5.23. The summed E-state index contributed by atoms with van der Waals surface area (Å²) in [6.07, 6.45) is 0. The maximum atomic E-state index is 13.1. The molecule has 0 aliphatic carbocycles. The molecule has 1 aliphatic heterocycles. The molecule has 0 atom stereocenters. The Kier molecular flexibility index (Phi) is 5.70. The van der Waals surface area contributed by atoms with E-state index in [4.69, 9.17) is 18.9 Å². The third-order valence-electron chi connectivity index (χ3n) is 5.23. The van der Waals surface area contributed by atoms with Gasteiger partial charge in [-0.25, -0.2) is 4.79 Å². The maximum absolute atomic E-state index is 13.1. The van der Waals surface area contributed by atoms with Crippen molar-refractivity contribution in [2.75, 3.05) is 27.9 Å². The van der Waals surface area contributed by atoms with E-state index in [1.165, 1.54) is 39.5 Å². The number of amides is 2. The quantitative estimate of drug-likeness (QED) is 0.321. The second-order valence-electron chi connectivity index (χ2n) is 7.04. The lowest BCUT2D eigenvalue weighted by Gasteiger charge is -2.17. The number of benzene rings is 2. The van der Waals surface area contributed by atoms with Crippen LogP contribution in [0.25, 0.3) is 10.8 Å². The summed E-state index contributed by atoms with van der Waals surface area (Å²) in [4.78, 5) is 51.9. The summed E-state index contributed by atoms with van der Waals surface area (Å²) in [5.74, 6) is -2.10. The lowest BCUT2D eigenvalue weighted by atomic mass is 10.1. The first-order chi connectivity index (χ1) is 15.9. The summed E-state index contributed by atoms with van der Waals surface area (Å²) in [7, 11) is 4.07. The van der Waals surface area contributed by atoms with Gasteiger partial charge in [-0.05, 0) is 29.7 Å². The minimum atomic E-state index is -0.942. The molecule has 3 aromatic carbocycles. The zero-order chi connectivity index (χ0) is 23.7. The summed E-state index contributed by atoms with van der Waals surface area (Å²) in [6, 6.07) is 12.6. The zero-order valence-corrected chi connectivity index (χ0v) is 18.0. The maximum Gasteiger partial charge on any atom is 0.331 e. The van der Waals surface area contributed by atoms with Gasteiger partial charge in [-0.3, -0.25) is 19.3 Å². The number of methoxy groups -OCH3 is 3. The van der Waals surface area contributed by atoms with Crippen molar-refractivity contribution in [2.45, 2.75) is 0 Å². The number of hydrogen-bond acceptors (Lipinski definition) is 8. The molecule has 2 amide bonds. The molecule has 1 aliphatic rings. The zero-order valence-electron chi connectivity index (χ0n) is 18.0. The fourth-order valence-corrected chi connectivity index (χ4v) is 3.70. The number of nitrogens with zero attached hydrogens (tertiary/aromatic N) is 1. The Bertz CT molecular complexity index is 1330. The van der Waals surface area contributed by atoms with E-state index in [1.807, 2.05) is 0 Å². The summed E-state index contributed by atoms with van der Waals surface area (Å²) in [5, 5.41) is 0.426. The van der Waals surface area contributed by atoms with Gasteiger partial charge < -0.3 is 18.9 Å². The standard InChI is InChI=1S/C24H19NO8/c1-30-16-10-6-7-13-11-17(31-2)21(32-3)22(19(13)20(16)27)33-18(26)12-25-23(28)14-8-4-5-9-15(14)24(25)29/h4-11H,12H2,1-3H3. The normalized spacial score (nSPS) is 12.5. The number of imide groups is 1. The van der Waals surface area contributed by atoms with Crippen LogP contribution in [0, 0.1) is 0 Å². The Morgan fingerprint density at radius 3 is 2.00 bits per heavy atom. The molecule has 9 nitrogen and oxygen atoms in total. The Hall–Kier alpha value is -4.40. The highest BCUT2D eigenvalue weighted by Crippen LogP contribution is 2.42. The molecule has 168 valence electrons. The van der Waals surface area contributed by atoms with E-state index < -0.39 is 29.8 Å². The molecule has 0 saturated heterocycles. The van der Waals surface area contributed by atoms with Crippen molar-refractivity contribution in [2.24, 2.45) is 0 Å². The molecule has 0 spiro atoms. The summed E-state index contributed by atoms with van der Waals surface area (Å²) < 4.78 is 21.4. The van der Waals surface area contributed by atoms with Crippen molar-refractivity contribution in [1.82, 2.24) is 4.90 Å². The van der Waals surface area contributed by atoms with Crippen molar-refractivity contribution in [1.29, 1.82) is 0 Å². The first-order valence-corrected chi connectivity index (χ1v) is 9.83. The van der Waals surface area contributed by atoms with Crippen molar-refractivity contribution in [3.8, 4) is 23.0 Å². The van der Waals surface area contributed by atoms with Crippen molar-refractivity contribution >= 4 is 28.6 Å². The van der Waals surface area contributed by atoms with E-state index in [9.17, 15) is 19.2 Å².